The number of hydrogen-bond donors (Lipinski definition) is 0. The van der Waals surface area contributed by atoms with Crippen molar-refractivity contribution in [2.24, 2.45) is 34.5 Å². The largest absolute Gasteiger partial charge is 0.300 e. The fourth-order valence-corrected chi connectivity index (χ4v) is 6.81. The summed E-state index contributed by atoms with van der Waals surface area (Å²) in [6.45, 7) is 1.74. The van der Waals surface area contributed by atoms with Gasteiger partial charge in [-0.15, -0.1) is 0 Å². The van der Waals surface area contributed by atoms with Gasteiger partial charge in [0.2, 0.25) is 0 Å². The Morgan fingerprint density at radius 3 is 2.87 bits per heavy atom. The van der Waals surface area contributed by atoms with Crippen molar-refractivity contribution in [2.75, 3.05) is 0 Å². The van der Waals surface area contributed by atoms with E-state index in [0.717, 1.165) is 32.1 Å². The van der Waals surface area contributed by atoms with Crippen LogP contribution in [0.3, 0.4) is 0 Å². The first kappa shape index (κ1) is 11.6. The van der Waals surface area contributed by atoms with Gasteiger partial charge in [0.25, 0.3) is 0 Å². The molecule has 0 spiro atoms. The molecule has 2 nitrogen and oxygen atoms in total. The SMILES string of the molecule is [2H]C1=C(C(=O)C([2H])([2H])[2H])[C@@]2(C)CC[C@H]3[C@@H](CCC4CC(=O)CC[C@@]43C)[C@@H]2C1. The van der Waals surface area contributed by atoms with E-state index in [-0.39, 0.29) is 23.0 Å². The summed E-state index contributed by atoms with van der Waals surface area (Å²) in [5, 5.41) is 0. The van der Waals surface area contributed by atoms with Crippen LogP contribution in [0.25, 0.3) is 0 Å². The average Bonchev–Trinajstić information content (AvgIpc) is 2.84. The topological polar surface area (TPSA) is 34.1 Å². The third-order valence-corrected chi connectivity index (χ3v) is 8.17. The molecule has 0 aromatic carbocycles. The second kappa shape index (κ2) is 5.04. The second-order valence-corrected chi connectivity index (χ2v) is 8.94. The Morgan fingerprint density at radius 1 is 1.26 bits per heavy atom. The van der Waals surface area contributed by atoms with Crippen LogP contribution in [0.2, 0.25) is 0 Å². The van der Waals surface area contributed by atoms with Crippen molar-refractivity contribution in [2.45, 2.75) is 72.1 Å². The van der Waals surface area contributed by atoms with Gasteiger partial charge in [0.1, 0.15) is 5.78 Å². The first-order valence-electron chi connectivity index (χ1n) is 11.2. The van der Waals surface area contributed by atoms with Crippen LogP contribution in [0.5, 0.6) is 0 Å². The van der Waals surface area contributed by atoms with E-state index < -0.39 is 18.1 Å². The predicted molar refractivity (Wildman–Crippen MR) is 90.9 cm³/mol. The van der Waals surface area contributed by atoms with Crippen molar-refractivity contribution in [1.82, 2.24) is 0 Å². The average molecular weight is 318 g/mol. The molecule has 4 rings (SSSR count). The first-order valence-corrected chi connectivity index (χ1v) is 9.25. The van der Waals surface area contributed by atoms with Crippen LogP contribution < -0.4 is 0 Å². The highest BCUT2D eigenvalue weighted by molar-refractivity contribution is 5.95. The molecule has 4 aliphatic rings. The van der Waals surface area contributed by atoms with Gasteiger partial charge in [-0.25, -0.2) is 0 Å². The molecule has 4 aliphatic carbocycles. The van der Waals surface area contributed by atoms with Crippen LogP contribution >= 0.6 is 0 Å². The van der Waals surface area contributed by atoms with Crippen LogP contribution in [-0.2, 0) is 9.59 Å². The normalized spacial score (nSPS) is 52.5. The highest BCUT2D eigenvalue weighted by Gasteiger charge is 2.58. The minimum absolute atomic E-state index is 0.178. The van der Waals surface area contributed by atoms with Gasteiger partial charge in [-0.1, -0.05) is 19.9 Å². The summed E-state index contributed by atoms with van der Waals surface area (Å²) in [5.41, 5.74) is -0.00814. The number of allylic oxidation sites excluding steroid dienone is 2. The molecule has 126 valence electrons. The minimum atomic E-state index is -2.66. The zero-order valence-electron chi connectivity index (χ0n) is 18.3. The van der Waals surface area contributed by atoms with E-state index in [9.17, 15) is 9.59 Å². The van der Waals surface area contributed by atoms with E-state index in [1.165, 1.54) is 0 Å². The predicted octanol–water partition coefficient (Wildman–Crippen LogP) is 4.72. The molecule has 0 radical (unpaired) electrons. The molecule has 6 atom stereocenters. The molecule has 0 aromatic rings. The molecule has 0 bridgehead atoms. The molecule has 23 heavy (non-hydrogen) atoms. The number of rotatable bonds is 1. The molecule has 0 N–H and O–H groups in total. The molecule has 0 heterocycles. The lowest BCUT2D eigenvalue weighted by atomic mass is 9.44. The van der Waals surface area contributed by atoms with Gasteiger partial charge >= 0.3 is 0 Å². The molecule has 0 amide bonds. The van der Waals surface area contributed by atoms with E-state index in [1.54, 1.807) is 0 Å². The maximum absolute atomic E-state index is 12.6. The summed E-state index contributed by atoms with van der Waals surface area (Å²) < 4.78 is 31.2. The lowest BCUT2D eigenvalue weighted by Crippen LogP contribution is -2.53. The maximum atomic E-state index is 12.6. The van der Waals surface area contributed by atoms with E-state index >= 15 is 0 Å². The smallest absolute Gasteiger partial charge is 0.156 e. The summed E-state index contributed by atoms with van der Waals surface area (Å²) in [4.78, 5) is 24.6. The summed E-state index contributed by atoms with van der Waals surface area (Å²) in [6, 6.07) is 0.260. The number of carbonyl (C=O) groups excluding carboxylic acids is 2. The zero-order chi connectivity index (χ0) is 19.8. The van der Waals surface area contributed by atoms with Crippen LogP contribution in [0.1, 0.15) is 77.5 Å². The molecule has 3 saturated carbocycles. The molecule has 3 fully saturated rings. The Morgan fingerprint density at radius 2 is 2.09 bits per heavy atom. The molecule has 0 aromatic heterocycles. The van der Waals surface area contributed by atoms with Crippen LogP contribution in [0.4, 0.5) is 0 Å². The minimum Gasteiger partial charge on any atom is -0.300 e. The second-order valence-electron chi connectivity index (χ2n) is 8.94. The summed E-state index contributed by atoms with van der Waals surface area (Å²) in [6.07, 6.45) is 6.75. The molecule has 0 saturated heterocycles. The van der Waals surface area contributed by atoms with Crippen molar-refractivity contribution in [3.63, 3.8) is 0 Å². The van der Waals surface area contributed by atoms with E-state index in [1.807, 2.05) is 6.92 Å². The number of fused-ring (bicyclic) bond motifs is 5. The van der Waals surface area contributed by atoms with Gasteiger partial charge < -0.3 is 0 Å². The summed E-state index contributed by atoms with van der Waals surface area (Å²) in [5.74, 6) is 1.22. The van der Waals surface area contributed by atoms with Crippen molar-refractivity contribution in [1.29, 1.82) is 0 Å². The fourth-order valence-electron chi connectivity index (χ4n) is 6.81. The summed E-state index contributed by atoms with van der Waals surface area (Å²) in [7, 11) is 0. The highest BCUT2D eigenvalue weighted by atomic mass is 16.1. The Bertz CT molecular complexity index is 724. The number of carbonyl (C=O) groups is 2. The molecule has 2 heteroatoms. The lowest BCUT2D eigenvalue weighted by Gasteiger charge is -2.60. The lowest BCUT2D eigenvalue weighted by molar-refractivity contribution is -0.138. The standard InChI is InChI=1S/C21H30O2/c1-13(22)17-6-7-18-16-5-4-14-12-15(23)8-10-20(14,2)19(16)9-11-21(17,18)3/h6,14,16,18-19H,4-5,7-12H2,1-3H3/t14?,16-,18-,19-,20-,21+/m0/s1/i1D3,6D. The van der Waals surface area contributed by atoms with Gasteiger partial charge in [-0.2, -0.15) is 0 Å². The van der Waals surface area contributed by atoms with Crippen LogP contribution in [0, 0.1) is 34.5 Å². The van der Waals surface area contributed by atoms with Crippen molar-refractivity contribution in [3.8, 4) is 0 Å². The Hall–Kier alpha value is -0.920. The maximum Gasteiger partial charge on any atom is 0.156 e. The molecular weight excluding hydrogens is 284 g/mol. The highest BCUT2D eigenvalue weighted by Crippen LogP contribution is 2.66. The number of Topliss-reactive ketones (excluding diaryl/α,β-unsaturated/α-hetero) is 2. The van der Waals surface area contributed by atoms with Gasteiger partial charge in [0.15, 0.2) is 5.78 Å². The number of hydrogen-bond acceptors (Lipinski definition) is 2. The van der Waals surface area contributed by atoms with E-state index in [4.69, 9.17) is 5.48 Å². The quantitative estimate of drug-likeness (QED) is 0.701. The Balaban J connectivity index is 1.65. The Labute approximate surface area is 145 Å². The van der Waals surface area contributed by atoms with Gasteiger partial charge in [0.05, 0.1) is 1.37 Å². The monoisotopic (exact) mass is 318 g/mol. The fraction of sp³-hybridized carbons (Fsp3) is 0.810. The van der Waals surface area contributed by atoms with Crippen molar-refractivity contribution < 1.29 is 15.1 Å². The molecule has 0 aliphatic heterocycles. The van der Waals surface area contributed by atoms with Crippen LogP contribution in [-0.4, -0.2) is 11.6 Å². The third kappa shape index (κ3) is 2.06. The Kier molecular flexibility index (Phi) is 2.54. The van der Waals surface area contributed by atoms with Gasteiger partial charge in [-0.3, -0.25) is 9.59 Å². The van der Waals surface area contributed by atoms with Crippen molar-refractivity contribution in [3.05, 3.63) is 11.6 Å². The van der Waals surface area contributed by atoms with E-state index in [0.29, 0.717) is 42.8 Å². The van der Waals surface area contributed by atoms with Gasteiger partial charge in [0, 0.05) is 17.0 Å². The van der Waals surface area contributed by atoms with E-state index in [2.05, 4.69) is 6.92 Å². The van der Waals surface area contributed by atoms with Gasteiger partial charge in [-0.05, 0) is 85.5 Å². The number of ketones is 2. The molecular formula is C21H30O2. The van der Waals surface area contributed by atoms with Crippen LogP contribution in [0.15, 0.2) is 11.6 Å². The molecule has 1 unspecified atom stereocenters. The van der Waals surface area contributed by atoms with Crippen molar-refractivity contribution >= 4 is 11.6 Å². The summed E-state index contributed by atoms with van der Waals surface area (Å²) >= 11 is 0. The third-order valence-electron chi connectivity index (χ3n) is 8.17. The first-order chi connectivity index (χ1) is 12.5. The zero-order valence-corrected chi connectivity index (χ0v) is 14.3.